The normalized spacial score (nSPS) is 21.0. The molecule has 3 heterocycles. The van der Waals surface area contributed by atoms with Gasteiger partial charge < -0.3 is 10.1 Å². The van der Waals surface area contributed by atoms with E-state index in [4.69, 9.17) is 4.74 Å². The van der Waals surface area contributed by atoms with E-state index in [1.54, 1.807) is 28.6 Å². The van der Waals surface area contributed by atoms with Crippen LogP contribution in [0.25, 0.3) is 0 Å². The fourth-order valence-corrected chi connectivity index (χ4v) is 4.90. The van der Waals surface area contributed by atoms with Gasteiger partial charge in [-0.25, -0.2) is 0 Å². The van der Waals surface area contributed by atoms with Crippen molar-refractivity contribution in [1.29, 1.82) is 0 Å². The number of carbonyl (C=O) groups excluding carboxylic acids is 2. The highest BCUT2D eigenvalue weighted by molar-refractivity contribution is 7.10. The molecule has 1 spiro atoms. The van der Waals surface area contributed by atoms with Crippen molar-refractivity contribution < 1.29 is 14.3 Å². The Labute approximate surface area is 168 Å². The molecule has 4 rings (SSSR count). The molecule has 1 aliphatic heterocycles. The van der Waals surface area contributed by atoms with Crippen molar-refractivity contribution in [2.24, 2.45) is 0 Å². The maximum Gasteiger partial charge on any atom is 0.245 e. The smallest absolute Gasteiger partial charge is 0.245 e. The monoisotopic (exact) mass is 399 g/mol. The lowest BCUT2D eigenvalue weighted by Gasteiger charge is -2.41. The molecule has 1 saturated heterocycles. The van der Waals surface area contributed by atoms with Gasteiger partial charge >= 0.3 is 0 Å². The Morgan fingerprint density at radius 3 is 2.82 bits per heavy atom. The second kappa shape index (κ2) is 8.41. The zero-order valence-corrected chi connectivity index (χ0v) is 16.6. The Morgan fingerprint density at radius 2 is 2.11 bits per heavy atom. The summed E-state index contributed by atoms with van der Waals surface area (Å²) < 4.78 is 6.16. The van der Waals surface area contributed by atoms with Crippen LogP contribution in [0.4, 0.5) is 0 Å². The Bertz CT molecular complexity index is 804. The van der Waals surface area contributed by atoms with E-state index in [0.29, 0.717) is 13.0 Å². The number of ether oxygens (including phenoxy) is 1. The third kappa shape index (κ3) is 3.95. The van der Waals surface area contributed by atoms with Gasteiger partial charge in [0.25, 0.3) is 0 Å². The minimum atomic E-state index is -0.622. The number of amides is 2. The summed E-state index contributed by atoms with van der Waals surface area (Å²) in [5, 5.41) is 4.93. The first kappa shape index (κ1) is 19.1. The number of nitrogens with zero attached hydrogens (tertiary/aromatic N) is 2. The molecule has 2 amide bonds. The molecule has 28 heavy (non-hydrogen) atoms. The number of rotatable bonds is 5. The second-order valence-electron chi connectivity index (χ2n) is 7.43. The Kier molecular flexibility index (Phi) is 5.73. The SMILES string of the molecule is O=C(NCc1cccnc1)C1COC2(CCCCC2)N1C(=O)Cc1cccs1. The zero-order valence-electron chi connectivity index (χ0n) is 15.8. The molecule has 1 N–H and O–H groups in total. The van der Waals surface area contributed by atoms with Crippen molar-refractivity contribution in [3.8, 4) is 0 Å². The van der Waals surface area contributed by atoms with Crippen LogP contribution in [0, 0.1) is 0 Å². The lowest BCUT2D eigenvalue weighted by atomic mass is 9.90. The summed E-state index contributed by atoms with van der Waals surface area (Å²) >= 11 is 1.57. The molecule has 1 aliphatic carbocycles. The van der Waals surface area contributed by atoms with Crippen LogP contribution in [0.2, 0.25) is 0 Å². The number of pyridine rings is 1. The van der Waals surface area contributed by atoms with Crippen LogP contribution in [0.15, 0.2) is 42.0 Å². The molecular formula is C21H25N3O3S. The Balaban J connectivity index is 1.51. The molecular weight excluding hydrogens is 374 g/mol. The van der Waals surface area contributed by atoms with Crippen molar-refractivity contribution >= 4 is 23.2 Å². The van der Waals surface area contributed by atoms with Crippen molar-refractivity contribution in [3.63, 3.8) is 0 Å². The van der Waals surface area contributed by atoms with Crippen LogP contribution in [-0.2, 0) is 27.3 Å². The summed E-state index contributed by atoms with van der Waals surface area (Å²) in [4.78, 5) is 33.0. The first-order valence-electron chi connectivity index (χ1n) is 9.83. The highest BCUT2D eigenvalue weighted by Crippen LogP contribution is 2.41. The predicted molar refractivity (Wildman–Crippen MR) is 107 cm³/mol. The highest BCUT2D eigenvalue weighted by Gasteiger charge is 2.52. The van der Waals surface area contributed by atoms with Gasteiger partial charge in [-0.15, -0.1) is 11.3 Å². The predicted octanol–water partition coefficient (Wildman–Crippen LogP) is 2.89. The first-order valence-corrected chi connectivity index (χ1v) is 10.7. The summed E-state index contributed by atoms with van der Waals surface area (Å²) in [5.41, 5.74) is 0.307. The van der Waals surface area contributed by atoms with Gasteiger partial charge in [-0.05, 0) is 48.8 Å². The molecule has 2 aliphatic rings. The highest BCUT2D eigenvalue weighted by atomic mass is 32.1. The molecule has 2 aromatic heterocycles. The Hall–Kier alpha value is -2.25. The molecule has 148 valence electrons. The van der Waals surface area contributed by atoms with Gasteiger partial charge in [0.15, 0.2) is 0 Å². The van der Waals surface area contributed by atoms with Gasteiger partial charge in [-0.1, -0.05) is 18.6 Å². The molecule has 6 nitrogen and oxygen atoms in total. The van der Waals surface area contributed by atoms with E-state index in [-0.39, 0.29) is 18.4 Å². The van der Waals surface area contributed by atoms with E-state index in [0.717, 1.165) is 42.5 Å². The van der Waals surface area contributed by atoms with E-state index in [1.165, 1.54) is 0 Å². The summed E-state index contributed by atoms with van der Waals surface area (Å²) in [5.74, 6) is -0.186. The standard InChI is InChI=1S/C21H25N3O3S/c25-19(12-17-7-5-11-28-17)24-18(15-27-21(24)8-2-1-3-9-21)20(26)23-14-16-6-4-10-22-13-16/h4-7,10-11,13,18H,1-3,8-9,12,14-15H2,(H,23,26). The molecule has 1 unspecified atom stereocenters. The van der Waals surface area contributed by atoms with Gasteiger partial charge in [-0.2, -0.15) is 0 Å². The first-order chi connectivity index (χ1) is 13.7. The number of hydrogen-bond donors (Lipinski definition) is 1. The van der Waals surface area contributed by atoms with E-state index < -0.39 is 11.8 Å². The number of thiophene rings is 1. The van der Waals surface area contributed by atoms with E-state index in [9.17, 15) is 9.59 Å². The number of nitrogens with one attached hydrogen (secondary N) is 1. The fourth-order valence-electron chi connectivity index (χ4n) is 4.20. The largest absolute Gasteiger partial charge is 0.353 e. The average Bonchev–Trinajstić information content (AvgIpc) is 3.36. The van der Waals surface area contributed by atoms with Gasteiger partial charge in [-0.3, -0.25) is 19.5 Å². The van der Waals surface area contributed by atoms with E-state index in [2.05, 4.69) is 10.3 Å². The minimum absolute atomic E-state index is 0.0247. The number of hydrogen-bond acceptors (Lipinski definition) is 5. The minimum Gasteiger partial charge on any atom is -0.353 e. The van der Waals surface area contributed by atoms with Gasteiger partial charge in [0.05, 0.1) is 13.0 Å². The van der Waals surface area contributed by atoms with Crippen molar-refractivity contribution in [2.75, 3.05) is 6.61 Å². The zero-order chi connectivity index (χ0) is 19.4. The Morgan fingerprint density at radius 1 is 1.25 bits per heavy atom. The van der Waals surface area contributed by atoms with Crippen LogP contribution < -0.4 is 5.32 Å². The van der Waals surface area contributed by atoms with Gasteiger partial charge in [0, 0.05) is 23.8 Å². The van der Waals surface area contributed by atoms with E-state index in [1.807, 2.05) is 29.6 Å². The topological polar surface area (TPSA) is 71.5 Å². The molecule has 0 radical (unpaired) electrons. The van der Waals surface area contributed by atoms with Crippen LogP contribution in [0.3, 0.4) is 0 Å². The van der Waals surface area contributed by atoms with Crippen molar-refractivity contribution in [1.82, 2.24) is 15.2 Å². The van der Waals surface area contributed by atoms with Crippen LogP contribution in [-0.4, -0.2) is 40.1 Å². The average molecular weight is 400 g/mol. The summed E-state index contributed by atoms with van der Waals surface area (Å²) in [6.45, 7) is 0.651. The number of aromatic nitrogens is 1. The van der Waals surface area contributed by atoms with Gasteiger partial charge in [0.2, 0.25) is 11.8 Å². The summed E-state index contributed by atoms with van der Waals surface area (Å²) in [6, 6.07) is 7.09. The lowest BCUT2D eigenvalue weighted by molar-refractivity contribution is -0.159. The van der Waals surface area contributed by atoms with Crippen LogP contribution in [0.5, 0.6) is 0 Å². The number of carbonyl (C=O) groups is 2. The molecule has 0 bridgehead atoms. The summed E-state index contributed by atoms with van der Waals surface area (Å²) in [6.07, 6.45) is 8.54. The molecule has 0 aromatic carbocycles. The molecule has 1 saturated carbocycles. The third-order valence-corrected chi connectivity index (χ3v) is 6.44. The maximum absolute atomic E-state index is 13.2. The maximum atomic E-state index is 13.2. The van der Waals surface area contributed by atoms with Crippen molar-refractivity contribution in [3.05, 3.63) is 52.5 Å². The van der Waals surface area contributed by atoms with Crippen LogP contribution >= 0.6 is 11.3 Å². The van der Waals surface area contributed by atoms with Crippen molar-refractivity contribution in [2.45, 2.75) is 56.8 Å². The molecule has 2 fully saturated rings. The molecule has 7 heteroatoms. The van der Waals surface area contributed by atoms with Gasteiger partial charge in [0.1, 0.15) is 11.8 Å². The van der Waals surface area contributed by atoms with Crippen LogP contribution in [0.1, 0.15) is 42.5 Å². The lowest BCUT2D eigenvalue weighted by Crippen LogP contribution is -2.56. The third-order valence-electron chi connectivity index (χ3n) is 5.56. The quantitative estimate of drug-likeness (QED) is 0.839. The second-order valence-corrected chi connectivity index (χ2v) is 8.46. The fraction of sp³-hybridized carbons (Fsp3) is 0.476. The van der Waals surface area contributed by atoms with E-state index >= 15 is 0 Å². The molecule has 2 aromatic rings. The summed E-state index contributed by atoms with van der Waals surface area (Å²) in [7, 11) is 0. The molecule has 1 atom stereocenters.